The van der Waals surface area contributed by atoms with Gasteiger partial charge in [-0.05, 0) is 62.1 Å². The zero-order chi connectivity index (χ0) is 22.5. The first-order chi connectivity index (χ1) is 14.5. The van der Waals surface area contributed by atoms with E-state index in [-0.39, 0.29) is 11.8 Å². The van der Waals surface area contributed by atoms with Crippen molar-refractivity contribution in [1.29, 1.82) is 0 Å². The number of nitrogens with one attached hydrogen (secondary N) is 2. The molecule has 0 bridgehead atoms. The average molecular weight is 463 g/mol. The second-order valence-corrected chi connectivity index (χ2v) is 10.3. The number of rotatable bonds is 21. The number of unbranched alkanes of at least 4 members (excludes halogenated alkanes) is 4. The van der Waals surface area contributed by atoms with Gasteiger partial charge in [0.2, 0.25) is 11.8 Å². The Bertz CT molecular complexity index is 390. The van der Waals surface area contributed by atoms with Crippen molar-refractivity contribution in [3.05, 3.63) is 0 Å². The molecule has 0 aliphatic rings. The first-order valence-electron chi connectivity index (χ1n) is 11.6. The summed E-state index contributed by atoms with van der Waals surface area (Å²) in [7, 11) is 0. The molecule has 0 aliphatic carbocycles. The predicted octanol–water partition coefficient (Wildman–Crippen LogP) is 3.00. The molecule has 0 spiro atoms. The molecule has 0 aromatic rings. The zero-order valence-electron chi connectivity index (χ0n) is 19.3. The Balaban J connectivity index is 3.58. The van der Waals surface area contributed by atoms with Crippen LogP contribution < -0.4 is 22.1 Å². The summed E-state index contributed by atoms with van der Waals surface area (Å²) in [5.41, 5.74) is 10.9. The molecule has 6 nitrogen and oxygen atoms in total. The monoisotopic (exact) mass is 462 g/mol. The predicted molar refractivity (Wildman–Crippen MR) is 134 cm³/mol. The van der Waals surface area contributed by atoms with E-state index in [0.29, 0.717) is 24.7 Å². The molecule has 0 heterocycles. The summed E-state index contributed by atoms with van der Waals surface area (Å²) in [4.78, 5) is 23.6. The first-order valence-corrected chi connectivity index (χ1v) is 13.9. The van der Waals surface area contributed by atoms with E-state index >= 15 is 0 Å². The molecule has 0 saturated heterocycles. The van der Waals surface area contributed by atoms with Gasteiger partial charge in [0.05, 0.1) is 0 Å². The molecule has 0 aromatic carbocycles. The second-order valence-electron chi connectivity index (χ2n) is 8.00. The number of hydrogen-bond acceptors (Lipinski definition) is 6. The summed E-state index contributed by atoms with van der Waals surface area (Å²) in [5.74, 6) is 5.45. The Morgan fingerprint density at radius 1 is 0.700 bits per heavy atom. The maximum atomic E-state index is 11.8. The third kappa shape index (κ3) is 19.5. The van der Waals surface area contributed by atoms with Crippen molar-refractivity contribution in [1.82, 2.24) is 10.6 Å². The van der Waals surface area contributed by atoms with E-state index in [9.17, 15) is 9.59 Å². The maximum absolute atomic E-state index is 11.8. The van der Waals surface area contributed by atoms with Crippen LogP contribution in [0.2, 0.25) is 0 Å². The van der Waals surface area contributed by atoms with E-state index in [4.69, 9.17) is 11.5 Å². The molecule has 8 heteroatoms. The van der Waals surface area contributed by atoms with Gasteiger partial charge in [-0.1, -0.05) is 26.7 Å². The van der Waals surface area contributed by atoms with Crippen LogP contribution in [-0.2, 0) is 9.59 Å². The number of nitrogens with two attached hydrogens (primary N) is 2. The molecule has 0 aromatic heterocycles. The van der Waals surface area contributed by atoms with Crippen molar-refractivity contribution in [2.75, 3.05) is 49.2 Å². The van der Waals surface area contributed by atoms with Gasteiger partial charge in [-0.15, -0.1) is 0 Å². The van der Waals surface area contributed by atoms with Gasteiger partial charge < -0.3 is 22.1 Å². The van der Waals surface area contributed by atoms with Gasteiger partial charge in [0.1, 0.15) is 0 Å². The minimum atomic E-state index is 0.157. The van der Waals surface area contributed by atoms with E-state index < -0.39 is 0 Å². The smallest absolute Gasteiger partial charge is 0.220 e. The van der Waals surface area contributed by atoms with Crippen molar-refractivity contribution in [3.63, 3.8) is 0 Å². The fourth-order valence-corrected chi connectivity index (χ4v) is 5.11. The van der Waals surface area contributed by atoms with Gasteiger partial charge in [-0.2, -0.15) is 23.5 Å². The highest BCUT2D eigenvalue weighted by molar-refractivity contribution is 7.99. The SMILES string of the molecule is CC(CSCCC(=O)NCCCCCN)C(C)CSCCC(=O)NCCCCCN. The average Bonchev–Trinajstić information content (AvgIpc) is 2.73. The molecular formula is C22H46N4O2S2. The van der Waals surface area contributed by atoms with E-state index in [1.165, 1.54) is 0 Å². The van der Waals surface area contributed by atoms with Gasteiger partial charge >= 0.3 is 0 Å². The van der Waals surface area contributed by atoms with Crippen LogP contribution in [0, 0.1) is 11.8 Å². The summed E-state index contributed by atoms with van der Waals surface area (Å²) in [6, 6.07) is 0. The molecule has 0 fully saturated rings. The van der Waals surface area contributed by atoms with Crippen LogP contribution in [0.25, 0.3) is 0 Å². The molecule has 2 atom stereocenters. The molecule has 2 amide bonds. The van der Waals surface area contributed by atoms with Crippen LogP contribution in [-0.4, -0.2) is 61.0 Å². The fourth-order valence-electron chi connectivity index (χ4n) is 2.72. The lowest BCUT2D eigenvalue weighted by Gasteiger charge is -2.19. The van der Waals surface area contributed by atoms with Crippen molar-refractivity contribution in [2.24, 2.45) is 23.3 Å². The highest BCUT2D eigenvalue weighted by atomic mass is 32.2. The number of carbonyl (C=O) groups excluding carboxylic acids is 2. The summed E-state index contributed by atoms with van der Waals surface area (Å²) >= 11 is 3.73. The Kier molecular flexibility index (Phi) is 21.5. The van der Waals surface area contributed by atoms with Crippen LogP contribution in [0.1, 0.15) is 65.2 Å². The molecule has 0 radical (unpaired) electrons. The topological polar surface area (TPSA) is 110 Å². The summed E-state index contributed by atoms with van der Waals surface area (Å²) in [6.45, 7) is 7.55. The zero-order valence-corrected chi connectivity index (χ0v) is 20.9. The molecule has 2 unspecified atom stereocenters. The molecule has 0 saturated carbocycles. The van der Waals surface area contributed by atoms with Gasteiger partial charge in [0, 0.05) is 37.4 Å². The molecular weight excluding hydrogens is 416 g/mol. The van der Waals surface area contributed by atoms with Crippen LogP contribution >= 0.6 is 23.5 Å². The van der Waals surface area contributed by atoms with Gasteiger partial charge in [0.25, 0.3) is 0 Å². The summed E-state index contributed by atoms with van der Waals surface area (Å²) < 4.78 is 0. The van der Waals surface area contributed by atoms with E-state index in [2.05, 4.69) is 24.5 Å². The third-order valence-electron chi connectivity index (χ3n) is 5.09. The van der Waals surface area contributed by atoms with Gasteiger partial charge in [-0.3, -0.25) is 9.59 Å². The van der Waals surface area contributed by atoms with Crippen molar-refractivity contribution < 1.29 is 9.59 Å². The number of amides is 2. The summed E-state index contributed by atoms with van der Waals surface area (Å²) in [5, 5.41) is 5.97. The largest absolute Gasteiger partial charge is 0.356 e. The molecule has 0 aliphatic heterocycles. The molecule has 6 N–H and O–H groups in total. The lowest BCUT2D eigenvalue weighted by molar-refractivity contribution is -0.121. The quantitative estimate of drug-likeness (QED) is 0.195. The van der Waals surface area contributed by atoms with Crippen LogP contribution in [0.15, 0.2) is 0 Å². The van der Waals surface area contributed by atoms with Crippen molar-refractivity contribution >= 4 is 35.3 Å². The maximum Gasteiger partial charge on any atom is 0.220 e. The van der Waals surface area contributed by atoms with E-state index in [0.717, 1.165) is 87.7 Å². The standard InChI is InChI=1S/C22H46N4O2S2/c1-19(17-29-15-9-21(27)25-13-7-3-5-11-23)20(2)18-30-16-10-22(28)26-14-8-4-6-12-24/h19-20H,3-18,23-24H2,1-2H3,(H,25,27)(H,26,28). The van der Waals surface area contributed by atoms with Gasteiger partial charge in [0.15, 0.2) is 0 Å². The minimum absolute atomic E-state index is 0.157. The van der Waals surface area contributed by atoms with Crippen LogP contribution in [0.4, 0.5) is 0 Å². The first kappa shape index (κ1) is 29.6. The number of carbonyl (C=O) groups is 2. The second kappa shape index (κ2) is 21.8. The summed E-state index contributed by atoms with van der Waals surface area (Å²) in [6.07, 6.45) is 7.44. The Labute approximate surface area is 193 Å². The number of hydrogen-bond donors (Lipinski definition) is 4. The fraction of sp³-hybridized carbons (Fsp3) is 0.909. The van der Waals surface area contributed by atoms with Crippen molar-refractivity contribution in [2.45, 2.75) is 65.2 Å². The minimum Gasteiger partial charge on any atom is -0.356 e. The third-order valence-corrected chi connectivity index (χ3v) is 7.59. The molecule has 178 valence electrons. The Hall–Kier alpha value is -0.440. The lowest BCUT2D eigenvalue weighted by atomic mass is 10.0. The molecule has 0 rings (SSSR count). The lowest BCUT2D eigenvalue weighted by Crippen LogP contribution is -2.25. The highest BCUT2D eigenvalue weighted by Crippen LogP contribution is 2.21. The Morgan fingerprint density at radius 3 is 1.47 bits per heavy atom. The highest BCUT2D eigenvalue weighted by Gasteiger charge is 2.13. The normalized spacial score (nSPS) is 13.1. The Morgan fingerprint density at radius 2 is 1.10 bits per heavy atom. The van der Waals surface area contributed by atoms with Crippen LogP contribution in [0.3, 0.4) is 0 Å². The number of thioether (sulfide) groups is 2. The van der Waals surface area contributed by atoms with Crippen molar-refractivity contribution in [3.8, 4) is 0 Å². The molecule has 30 heavy (non-hydrogen) atoms. The van der Waals surface area contributed by atoms with E-state index in [1.807, 2.05) is 23.5 Å². The van der Waals surface area contributed by atoms with Crippen LogP contribution in [0.5, 0.6) is 0 Å². The van der Waals surface area contributed by atoms with E-state index in [1.54, 1.807) is 0 Å². The van der Waals surface area contributed by atoms with Gasteiger partial charge in [-0.25, -0.2) is 0 Å².